The van der Waals surface area contributed by atoms with Crippen molar-refractivity contribution in [2.75, 3.05) is 12.3 Å². The Morgan fingerprint density at radius 2 is 1.75 bits per heavy atom. The number of hydrogen-bond donors (Lipinski definition) is 1. The summed E-state index contributed by atoms with van der Waals surface area (Å²) in [5, 5.41) is 0. The average Bonchev–Trinajstić information content (AvgIpc) is 1.84. The first-order chi connectivity index (χ1) is 5.27. The van der Waals surface area contributed by atoms with Crippen LogP contribution in [-0.4, -0.2) is 17.8 Å². The summed E-state index contributed by atoms with van der Waals surface area (Å²) in [4.78, 5) is 0. The lowest BCUT2D eigenvalue weighted by Crippen LogP contribution is -2.24. The first kappa shape index (κ1) is 12.1. The quantitative estimate of drug-likeness (QED) is 0.756. The van der Waals surface area contributed by atoms with Gasteiger partial charge in [0.25, 0.3) is 0 Å². The Morgan fingerprint density at radius 1 is 1.25 bits per heavy atom. The minimum atomic E-state index is -4.11. The molecule has 2 N–H and O–H groups in total. The lowest BCUT2D eigenvalue weighted by atomic mass is 9.91. The molecular weight excluding hydrogens is 187 g/mol. The normalized spacial score (nSPS) is 13.5. The molecule has 1 nitrogen and oxygen atoms in total. The van der Waals surface area contributed by atoms with Gasteiger partial charge in [-0.2, -0.15) is 13.2 Å². The van der Waals surface area contributed by atoms with Crippen LogP contribution in [0.15, 0.2) is 0 Å². The highest BCUT2D eigenvalue weighted by Gasteiger charge is 2.28. The number of rotatable bonds is 4. The van der Waals surface area contributed by atoms with E-state index < -0.39 is 5.51 Å². The van der Waals surface area contributed by atoms with Crippen LogP contribution in [0.2, 0.25) is 0 Å². The van der Waals surface area contributed by atoms with Crippen molar-refractivity contribution < 1.29 is 13.2 Å². The summed E-state index contributed by atoms with van der Waals surface area (Å²) in [6, 6.07) is 0. The zero-order chi connectivity index (χ0) is 9.83. The van der Waals surface area contributed by atoms with E-state index in [2.05, 4.69) is 0 Å². The smallest absolute Gasteiger partial charge is 0.330 e. The number of hydrogen-bond acceptors (Lipinski definition) is 2. The Bertz CT molecular complexity index is 133. The summed E-state index contributed by atoms with van der Waals surface area (Å²) in [6.45, 7) is 4.15. The molecule has 0 amide bonds. The third-order valence-corrected chi connectivity index (χ3v) is 2.33. The third kappa shape index (κ3) is 6.79. The van der Waals surface area contributed by atoms with E-state index in [0.717, 1.165) is 0 Å². The van der Waals surface area contributed by atoms with Crippen LogP contribution in [0.25, 0.3) is 0 Å². The highest BCUT2D eigenvalue weighted by atomic mass is 32.2. The molecular formula is C7H14F3NS. The van der Waals surface area contributed by atoms with Crippen LogP contribution in [0.4, 0.5) is 13.2 Å². The average molecular weight is 201 g/mol. The van der Waals surface area contributed by atoms with Gasteiger partial charge in [0.05, 0.1) is 0 Å². The van der Waals surface area contributed by atoms with Gasteiger partial charge >= 0.3 is 5.51 Å². The van der Waals surface area contributed by atoms with E-state index in [1.165, 1.54) is 0 Å². The monoisotopic (exact) mass is 201 g/mol. The van der Waals surface area contributed by atoms with Crippen molar-refractivity contribution >= 4 is 11.8 Å². The van der Waals surface area contributed by atoms with Crippen LogP contribution in [0, 0.1) is 5.41 Å². The molecule has 0 atom stereocenters. The second-order valence-electron chi connectivity index (χ2n) is 3.41. The first-order valence-corrected chi connectivity index (χ1v) is 4.66. The summed E-state index contributed by atoms with van der Waals surface area (Å²) in [7, 11) is 0. The number of nitrogens with two attached hydrogens (primary N) is 1. The molecule has 74 valence electrons. The van der Waals surface area contributed by atoms with Crippen molar-refractivity contribution in [1.82, 2.24) is 0 Å². The lowest BCUT2D eigenvalue weighted by molar-refractivity contribution is -0.0328. The van der Waals surface area contributed by atoms with Crippen LogP contribution in [0.3, 0.4) is 0 Å². The van der Waals surface area contributed by atoms with Crippen molar-refractivity contribution in [3.05, 3.63) is 0 Å². The zero-order valence-corrected chi connectivity index (χ0v) is 8.06. The second kappa shape index (κ2) is 4.37. The van der Waals surface area contributed by atoms with Gasteiger partial charge in [0.1, 0.15) is 0 Å². The Balaban J connectivity index is 3.57. The van der Waals surface area contributed by atoms with Crippen LogP contribution in [0.5, 0.6) is 0 Å². The maximum absolute atomic E-state index is 11.7. The maximum atomic E-state index is 11.7. The van der Waals surface area contributed by atoms with E-state index in [0.29, 0.717) is 13.0 Å². The molecule has 0 spiro atoms. The van der Waals surface area contributed by atoms with Gasteiger partial charge in [-0.1, -0.05) is 25.6 Å². The molecule has 0 saturated carbocycles. The van der Waals surface area contributed by atoms with Crippen molar-refractivity contribution in [1.29, 1.82) is 0 Å². The van der Waals surface area contributed by atoms with Gasteiger partial charge in [0.15, 0.2) is 0 Å². The fourth-order valence-corrected chi connectivity index (χ4v) is 1.43. The van der Waals surface area contributed by atoms with Crippen LogP contribution in [-0.2, 0) is 0 Å². The van der Waals surface area contributed by atoms with Gasteiger partial charge in [-0.05, 0) is 18.4 Å². The lowest BCUT2D eigenvalue weighted by Gasteiger charge is -2.21. The molecule has 0 aromatic rings. The fourth-order valence-electron chi connectivity index (χ4n) is 0.545. The van der Waals surface area contributed by atoms with Gasteiger partial charge in [0.2, 0.25) is 0 Å². The molecule has 0 bridgehead atoms. The largest absolute Gasteiger partial charge is 0.441 e. The summed E-state index contributed by atoms with van der Waals surface area (Å²) in [6.07, 6.45) is 0.494. The summed E-state index contributed by atoms with van der Waals surface area (Å²) in [5.41, 5.74) is 1.08. The third-order valence-electron chi connectivity index (χ3n) is 1.60. The molecule has 0 aliphatic carbocycles. The SMILES string of the molecule is CC(C)(CN)CCSC(F)(F)F. The molecule has 0 aromatic heterocycles. The summed E-state index contributed by atoms with van der Waals surface area (Å²) >= 11 is 0.0203. The van der Waals surface area contributed by atoms with Gasteiger partial charge in [-0.15, -0.1) is 0 Å². The number of thioether (sulfide) groups is 1. The highest BCUT2D eigenvalue weighted by molar-refractivity contribution is 8.00. The van der Waals surface area contributed by atoms with Gasteiger partial charge < -0.3 is 5.73 Å². The minimum absolute atomic E-state index is 0.0203. The Hall–Kier alpha value is 0.100. The van der Waals surface area contributed by atoms with Crippen LogP contribution in [0.1, 0.15) is 20.3 Å². The maximum Gasteiger partial charge on any atom is 0.441 e. The van der Waals surface area contributed by atoms with E-state index in [9.17, 15) is 13.2 Å². The molecule has 12 heavy (non-hydrogen) atoms. The van der Waals surface area contributed by atoms with Crippen LogP contribution < -0.4 is 5.73 Å². The topological polar surface area (TPSA) is 26.0 Å². The first-order valence-electron chi connectivity index (χ1n) is 3.68. The number of alkyl halides is 3. The Morgan fingerprint density at radius 3 is 2.08 bits per heavy atom. The second-order valence-corrected chi connectivity index (χ2v) is 4.57. The molecule has 0 radical (unpaired) electrons. The molecule has 0 fully saturated rings. The highest BCUT2D eigenvalue weighted by Crippen LogP contribution is 2.33. The van der Waals surface area contributed by atoms with E-state index in [1.54, 1.807) is 0 Å². The summed E-state index contributed by atoms with van der Waals surface area (Å²) in [5.74, 6) is 0.0910. The summed E-state index contributed by atoms with van der Waals surface area (Å²) < 4.78 is 35.0. The van der Waals surface area contributed by atoms with E-state index in [1.807, 2.05) is 13.8 Å². The predicted octanol–water partition coefficient (Wildman–Crippen LogP) is 2.61. The minimum Gasteiger partial charge on any atom is -0.330 e. The standard InChI is InChI=1S/C7H14F3NS/c1-6(2,5-11)3-4-12-7(8,9)10/h3-5,11H2,1-2H3. The molecule has 0 heterocycles. The molecule has 0 aliphatic heterocycles. The van der Waals surface area contributed by atoms with Crippen LogP contribution >= 0.6 is 11.8 Å². The van der Waals surface area contributed by atoms with Gasteiger partial charge in [-0.25, -0.2) is 0 Å². The number of halogens is 3. The Labute approximate surface area is 74.9 Å². The van der Waals surface area contributed by atoms with Crippen molar-refractivity contribution in [3.63, 3.8) is 0 Å². The predicted molar refractivity (Wildman–Crippen MR) is 46.0 cm³/mol. The molecule has 0 saturated heterocycles. The molecule has 0 rings (SSSR count). The van der Waals surface area contributed by atoms with Crippen molar-refractivity contribution in [2.24, 2.45) is 11.1 Å². The molecule has 5 heteroatoms. The van der Waals surface area contributed by atoms with Gasteiger partial charge in [0, 0.05) is 5.75 Å². The molecule has 0 aromatic carbocycles. The fraction of sp³-hybridized carbons (Fsp3) is 1.00. The van der Waals surface area contributed by atoms with E-state index in [4.69, 9.17) is 5.73 Å². The van der Waals surface area contributed by atoms with E-state index >= 15 is 0 Å². The Kier molecular flexibility index (Phi) is 4.40. The van der Waals surface area contributed by atoms with Crippen molar-refractivity contribution in [3.8, 4) is 0 Å². The van der Waals surface area contributed by atoms with Crippen molar-refractivity contribution in [2.45, 2.75) is 25.8 Å². The van der Waals surface area contributed by atoms with Gasteiger partial charge in [-0.3, -0.25) is 0 Å². The van der Waals surface area contributed by atoms with E-state index in [-0.39, 0.29) is 22.9 Å². The molecule has 0 unspecified atom stereocenters. The zero-order valence-electron chi connectivity index (χ0n) is 7.24. The molecule has 0 aliphatic rings.